The minimum absolute atomic E-state index is 0.737. The molecule has 0 unspecified atom stereocenters. The van der Waals surface area contributed by atoms with Crippen LogP contribution in [0.1, 0.15) is 19.3 Å². The Morgan fingerprint density at radius 1 is 1.19 bits per heavy atom. The van der Waals surface area contributed by atoms with Gasteiger partial charge in [-0.2, -0.15) is 0 Å². The smallest absolute Gasteiger partial charge is 0.0593 e. The Kier molecular flexibility index (Phi) is 8.21. The fourth-order valence-corrected chi connectivity index (χ4v) is 2.27. The Hall–Kier alpha value is 0.170. The van der Waals surface area contributed by atoms with Crippen molar-refractivity contribution in [3.05, 3.63) is 0 Å². The first-order valence-electron chi connectivity index (χ1n) is 6.21. The van der Waals surface area contributed by atoms with Crippen molar-refractivity contribution in [2.75, 3.05) is 52.4 Å². The molecule has 96 valence electrons. The fourth-order valence-electron chi connectivity index (χ4n) is 1.97. The first-order chi connectivity index (χ1) is 7.86. The second-order valence-corrected chi connectivity index (χ2v) is 4.71. The van der Waals surface area contributed by atoms with E-state index in [1.54, 1.807) is 7.11 Å². The molecule has 1 heterocycles. The first-order valence-corrected chi connectivity index (χ1v) is 6.75. The molecular weight excluding hydrogens is 226 g/mol. The summed E-state index contributed by atoms with van der Waals surface area (Å²) in [5, 5.41) is 0. The molecule has 16 heavy (non-hydrogen) atoms. The lowest BCUT2D eigenvalue weighted by atomic mass is 9.99. The average Bonchev–Trinajstić information content (AvgIpc) is 2.34. The maximum absolute atomic E-state index is 5.85. The highest BCUT2D eigenvalue weighted by Gasteiger charge is 2.17. The summed E-state index contributed by atoms with van der Waals surface area (Å²) in [5.74, 6) is 1.56. The van der Waals surface area contributed by atoms with E-state index in [0.717, 1.165) is 44.6 Å². The maximum atomic E-state index is 5.85. The molecule has 1 fully saturated rings. The van der Waals surface area contributed by atoms with Crippen LogP contribution in [0.4, 0.5) is 0 Å². The van der Waals surface area contributed by atoms with Gasteiger partial charge in [-0.25, -0.2) is 0 Å². The van der Waals surface area contributed by atoms with Crippen molar-refractivity contribution in [2.45, 2.75) is 19.3 Å². The van der Waals surface area contributed by atoms with Gasteiger partial charge < -0.3 is 14.4 Å². The highest BCUT2D eigenvalue weighted by molar-refractivity contribution is 6.18. The number of piperidine rings is 1. The van der Waals surface area contributed by atoms with Crippen LogP contribution >= 0.6 is 11.6 Å². The number of nitrogens with zero attached hydrogens (tertiary/aromatic N) is 1. The number of alkyl halides is 1. The summed E-state index contributed by atoms with van der Waals surface area (Å²) in [6.45, 7) is 5.86. The van der Waals surface area contributed by atoms with Gasteiger partial charge in [-0.05, 0) is 38.3 Å². The third-order valence-electron chi connectivity index (χ3n) is 3.11. The topological polar surface area (TPSA) is 21.7 Å². The van der Waals surface area contributed by atoms with E-state index >= 15 is 0 Å². The van der Waals surface area contributed by atoms with Gasteiger partial charge in [0.15, 0.2) is 0 Å². The van der Waals surface area contributed by atoms with E-state index in [0.29, 0.717) is 0 Å². The summed E-state index contributed by atoms with van der Waals surface area (Å²) in [4.78, 5) is 2.47. The SMILES string of the molecule is COCCCOCCN1CCC(CCl)CC1. The summed E-state index contributed by atoms with van der Waals surface area (Å²) in [7, 11) is 1.72. The van der Waals surface area contributed by atoms with Crippen LogP contribution in [0.15, 0.2) is 0 Å². The number of likely N-dealkylation sites (tertiary alicyclic amines) is 1. The lowest BCUT2D eigenvalue weighted by Crippen LogP contribution is -2.36. The van der Waals surface area contributed by atoms with E-state index in [1.165, 1.54) is 25.9 Å². The van der Waals surface area contributed by atoms with Crippen molar-refractivity contribution in [2.24, 2.45) is 5.92 Å². The number of methoxy groups -OCH3 is 1. The van der Waals surface area contributed by atoms with E-state index in [2.05, 4.69) is 4.90 Å². The summed E-state index contributed by atoms with van der Waals surface area (Å²) < 4.78 is 10.5. The second-order valence-electron chi connectivity index (χ2n) is 4.40. The van der Waals surface area contributed by atoms with Crippen molar-refractivity contribution in [1.29, 1.82) is 0 Å². The normalized spacial score (nSPS) is 19.1. The van der Waals surface area contributed by atoms with Crippen LogP contribution < -0.4 is 0 Å². The van der Waals surface area contributed by atoms with Gasteiger partial charge in [0.1, 0.15) is 0 Å². The van der Waals surface area contributed by atoms with Crippen LogP contribution in [0.3, 0.4) is 0 Å². The van der Waals surface area contributed by atoms with E-state index in [1.807, 2.05) is 0 Å². The molecule has 0 aliphatic carbocycles. The highest BCUT2D eigenvalue weighted by Crippen LogP contribution is 2.17. The van der Waals surface area contributed by atoms with E-state index < -0.39 is 0 Å². The van der Waals surface area contributed by atoms with E-state index in [9.17, 15) is 0 Å². The zero-order chi connectivity index (χ0) is 11.6. The quantitative estimate of drug-likeness (QED) is 0.485. The molecule has 0 N–H and O–H groups in total. The molecule has 0 amide bonds. The minimum atomic E-state index is 0.737. The van der Waals surface area contributed by atoms with Crippen molar-refractivity contribution >= 4 is 11.6 Å². The monoisotopic (exact) mass is 249 g/mol. The van der Waals surface area contributed by atoms with Crippen LogP contribution in [0.25, 0.3) is 0 Å². The summed E-state index contributed by atoms with van der Waals surface area (Å²) >= 11 is 5.85. The van der Waals surface area contributed by atoms with Crippen LogP contribution in [0, 0.1) is 5.92 Å². The Morgan fingerprint density at radius 2 is 1.94 bits per heavy atom. The lowest BCUT2D eigenvalue weighted by molar-refractivity contribution is 0.0750. The molecule has 0 aromatic heterocycles. The molecule has 0 saturated carbocycles. The molecule has 0 bridgehead atoms. The number of rotatable bonds is 8. The molecule has 0 radical (unpaired) electrons. The second kappa shape index (κ2) is 9.23. The van der Waals surface area contributed by atoms with Gasteiger partial charge in [-0.1, -0.05) is 0 Å². The average molecular weight is 250 g/mol. The van der Waals surface area contributed by atoms with E-state index in [4.69, 9.17) is 21.1 Å². The zero-order valence-electron chi connectivity index (χ0n) is 10.3. The van der Waals surface area contributed by atoms with Gasteiger partial charge >= 0.3 is 0 Å². The molecule has 4 heteroatoms. The third-order valence-corrected chi connectivity index (χ3v) is 3.55. The molecule has 1 aliphatic rings. The van der Waals surface area contributed by atoms with Gasteiger partial charge in [0.05, 0.1) is 6.61 Å². The van der Waals surface area contributed by atoms with Crippen molar-refractivity contribution in [3.8, 4) is 0 Å². The Morgan fingerprint density at radius 3 is 2.56 bits per heavy atom. The number of hydrogen-bond donors (Lipinski definition) is 0. The molecule has 1 saturated heterocycles. The zero-order valence-corrected chi connectivity index (χ0v) is 11.0. The molecule has 0 atom stereocenters. The summed E-state index contributed by atoms with van der Waals surface area (Å²) in [6.07, 6.45) is 3.48. The largest absolute Gasteiger partial charge is 0.385 e. The van der Waals surface area contributed by atoms with Gasteiger partial charge in [0, 0.05) is 32.7 Å². The van der Waals surface area contributed by atoms with E-state index in [-0.39, 0.29) is 0 Å². The van der Waals surface area contributed by atoms with Crippen LogP contribution in [-0.2, 0) is 9.47 Å². The minimum Gasteiger partial charge on any atom is -0.385 e. The van der Waals surface area contributed by atoms with Crippen molar-refractivity contribution < 1.29 is 9.47 Å². The van der Waals surface area contributed by atoms with Crippen LogP contribution in [0.2, 0.25) is 0 Å². The number of halogens is 1. The van der Waals surface area contributed by atoms with Gasteiger partial charge in [-0.3, -0.25) is 0 Å². The van der Waals surface area contributed by atoms with Gasteiger partial charge in [0.2, 0.25) is 0 Å². The Labute approximate surface area is 104 Å². The number of hydrogen-bond acceptors (Lipinski definition) is 3. The van der Waals surface area contributed by atoms with Crippen LogP contribution in [-0.4, -0.2) is 57.3 Å². The summed E-state index contributed by atoms with van der Waals surface area (Å²) in [6, 6.07) is 0. The predicted molar refractivity (Wildman–Crippen MR) is 67.2 cm³/mol. The molecule has 0 aromatic carbocycles. The number of ether oxygens (including phenoxy) is 2. The molecule has 0 aromatic rings. The van der Waals surface area contributed by atoms with Crippen molar-refractivity contribution in [1.82, 2.24) is 4.90 Å². The summed E-state index contributed by atoms with van der Waals surface area (Å²) in [5.41, 5.74) is 0. The Bertz CT molecular complexity index is 161. The maximum Gasteiger partial charge on any atom is 0.0593 e. The first kappa shape index (κ1) is 14.2. The van der Waals surface area contributed by atoms with Crippen molar-refractivity contribution in [3.63, 3.8) is 0 Å². The van der Waals surface area contributed by atoms with Gasteiger partial charge in [0.25, 0.3) is 0 Å². The molecule has 0 spiro atoms. The molecule has 1 rings (SSSR count). The third kappa shape index (κ3) is 6.04. The molecular formula is C12H24ClNO2. The van der Waals surface area contributed by atoms with Gasteiger partial charge in [-0.15, -0.1) is 11.6 Å². The lowest BCUT2D eigenvalue weighted by Gasteiger charge is -2.30. The Balaban J connectivity index is 1.90. The fraction of sp³-hybridized carbons (Fsp3) is 1.00. The highest BCUT2D eigenvalue weighted by atomic mass is 35.5. The molecule has 3 nitrogen and oxygen atoms in total. The molecule has 1 aliphatic heterocycles. The standard InChI is InChI=1S/C12H24ClNO2/c1-15-8-2-9-16-10-7-14-5-3-12(11-13)4-6-14/h12H,2-11H2,1H3. The van der Waals surface area contributed by atoms with Crippen LogP contribution in [0.5, 0.6) is 0 Å². The predicted octanol–water partition coefficient (Wildman–Crippen LogP) is 1.99.